The number of pyridine rings is 1. The van der Waals surface area contributed by atoms with Crippen LogP contribution < -0.4 is 16.2 Å². The molecule has 0 radical (unpaired) electrons. The van der Waals surface area contributed by atoms with Gasteiger partial charge in [0.05, 0.1) is 10.9 Å². The van der Waals surface area contributed by atoms with Gasteiger partial charge in [0.15, 0.2) is 0 Å². The van der Waals surface area contributed by atoms with Crippen LogP contribution in [0.1, 0.15) is 17.3 Å². The molecule has 0 unspecified atom stereocenters. The Morgan fingerprint density at radius 1 is 1.25 bits per heavy atom. The molecule has 0 aliphatic heterocycles. The van der Waals surface area contributed by atoms with E-state index in [0.717, 1.165) is 6.20 Å². The number of rotatable bonds is 2. The minimum absolute atomic E-state index is 0.0170. The number of amides is 1. The Labute approximate surface area is 111 Å². The van der Waals surface area contributed by atoms with E-state index in [4.69, 9.17) is 5.11 Å². The van der Waals surface area contributed by atoms with Crippen molar-refractivity contribution >= 4 is 28.5 Å². The zero-order chi connectivity index (χ0) is 14.9. The molecule has 2 rings (SSSR count). The molecule has 20 heavy (non-hydrogen) atoms. The molecule has 102 valence electrons. The molecule has 3 N–H and O–H groups in total. The Kier molecular flexibility index (Phi) is 3.34. The minimum atomic E-state index is -1.40. The maximum absolute atomic E-state index is 12.0. The smallest absolute Gasteiger partial charge is 0.341 e. The summed E-state index contributed by atoms with van der Waals surface area (Å²) in [6.45, 7) is 1.28. The van der Waals surface area contributed by atoms with E-state index in [1.165, 1.54) is 25.1 Å². The van der Waals surface area contributed by atoms with Crippen LogP contribution in [-0.2, 0) is 4.79 Å². The highest BCUT2D eigenvalue weighted by Crippen LogP contribution is 2.10. The van der Waals surface area contributed by atoms with Crippen LogP contribution in [0.3, 0.4) is 0 Å². The number of hydrogen-bond acceptors (Lipinski definition) is 4. The zero-order valence-electron chi connectivity index (χ0n) is 10.4. The van der Waals surface area contributed by atoms with Crippen LogP contribution in [0.4, 0.5) is 5.69 Å². The zero-order valence-corrected chi connectivity index (χ0v) is 10.4. The quantitative estimate of drug-likeness (QED) is 0.739. The fourth-order valence-corrected chi connectivity index (χ4v) is 1.78. The summed E-state index contributed by atoms with van der Waals surface area (Å²) >= 11 is 0. The number of carboxylic acids is 1. The third-order valence-corrected chi connectivity index (χ3v) is 2.63. The van der Waals surface area contributed by atoms with Gasteiger partial charge in [0.25, 0.3) is 0 Å². The van der Waals surface area contributed by atoms with Gasteiger partial charge < -0.3 is 15.4 Å². The summed E-state index contributed by atoms with van der Waals surface area (Å²) < 4.78 is 0. The molecule has 0 bridgehead atoms. The Morgan fingerprint density at radius 3 is 2.55 bits per heavy atom. The maximum atomic E-state index is 12.0. The highest BCUT2D eigenvalue weighted by molar-refractivity contribution is 5.94. The lowest BCUT2D eigenvalue weighted by Crippen LogP contribution is -2.17. The van der Waals surface area contributed by atoms with Gasteiger partial charge in [0.2, 0.25) is 16.8 Å². The summed E-state index contributed by atoms with van der Waals surface area (Å²) in [4.78, 5) is 48.3. The van der Waals surface area contributed by atoms with Gasteiger partial charge >= 0.3 is 5.97 Å². The van der Waals surface area contributed by atoms with Gasteiger partial charge in [0.1, 0.15) is 5.56 Å². The molecule has 0 atom stereocenters. The fourth-order valence-electron chi connectivity index (χ4n) is 1.78. The van der Waals surface area contributed by atoms with Gasteiger partial charge in [-0.15, -0.1) is 0 Å². The molecule has 7 nitrogen and oxygen atoms in total. The van der Waals surface area contributed by atoms with E-state index < -0.39 is 22.4 Å². The van der Waals surface area contributed by atoms with E-state index in [9.17, 15) is 19.2 Å². The standard InChI is InChI=1S/C13H10N2O5/c1-6(16)15-7-2-3-10(17)11-8(4-7)12(18)9(5-14-11)13(19)20/h2-5H,1H3,(H,14,18)(H,15,16)(H,19,20). The van der Waals surface area contributed by atoms with Gasteiger partial charge in [-0.3, -0.25) is 14.4 Å². The number of aromatic carboxylic acids is 1. The first-order chi connectivity index (χ1) is 9.40. The largest absolute Gasteiger partial charge is 0.477 e. The van der Waals surface area contributed by atoms with Crippen LogP contribution in [0.2, 0.25) is 0 Å². The number of carbonyl (C=O) groups excluding carboxylic acids is 1. The molecule has 1 amide bonds. The number of aromatic amines is 1. The van der Waals surface area contributed by atoms with E-state index in [1.54, 1.807) is 0 Å². The summed E-state index contributed by atoms with van der Waals surface area (Å²) in [7, 11) is 0. The molecule has 1 heterocycles. The van der Waals surface area contributed by atoms with Crippen LogP contribution in [0.5, 0.6) is 0 Å². The van der Waals surface area contributed by atoms with Crippen molar-refractivity contribution in [2.45, 2.75) is 6.92 Å². The predicted octanol–water partition coefficient (Wildman–Crippen LogP) is 0.545. The van der Waals surface area contributed by atoms with Crippen LogP contribution in [0, 0.1) is 0 Å². The third-order valence-electron chi connectivity index (χ3n) is 2.63. The van der Waals surface area contributed by atoms with Crippen molar-refractivity contribution in [3.8, 4) is 0 Å². The fraction of sp³-hybridized carbons (Fsp3) is 0.0769. The molecule has 0 aliphatic rings. The van der Waals surface area contributed by atoms with E-state index in [-0.39, 0.29) is 22.5 Å². The summed E-state index contributed by atoms with van der Waals surface area (Å²) in [5.74, 6) is -1.77. The number of hydrogen-bond donors (Lipinski definition) is 3. The topological polar surface area (TPSA) is 116 Å². The lowest BCUT2D eigenvalue weighted by atomic mass is 10.2. The van der Waals surface area contributed by atoms with Crippen molar-refractivity contribution in [2.75, 3.05) is 5.32 Å². The molecule has 1 aromatic carbocycles. The molecular weight excluding hydrogens is 264 g/mol. The summed E-state index contributed by atoms with van der Waals surface area (Å²) in [5.41, 5.74) is -1.53. The molecule has 0 saturated heterocycles. The molecular formula is C13H10N2O5. The normalized spacial score (nSPS) is 10.2. The van der Waals surface area contributed by atoms with Gasteiger partial charge in [-0.2, -0.15) is 0 Å². The number of carboxylic acid groups (broad SMARTS) is 1. The highest BCUT2D eigenvalue weighted by atomic mass is 16.4. The van der Waals surface area contributed by atoms with Crippen LogP contribution in [0.25, 0.3) is 10.9 Å². The van der Waals surface area contributed by atoms with E-state index >= 15 is 0 Å². The molecule has 2 aromatic rings. The van der Waals surface area contributed by atoms with Crippen molar-refractivity contribution in [1.29, 1.82) is 0 Å². The summed E-state index contributed by atoms with van der Waals surface area (Å²) in [6, 6.07) is 3.80. The third kappa shape index (κ3) is 2.41. The molecule has 0 saturated carbocycles. The van der Waals surface area contributed by atoms with Crippen LogP contribution in [0.15, 0.2) is 34.0 Å². The lowest BCUT2D eigenvalue weighted by Gasteiger charge is -1.99. The Hall–Kier alpha value is -2.96. The first kappa shape index (κ1) is 13.5. The molecule has 0 spiro atoms. The average molecular weight is 274 g/mol. The Balaban J connectivity index is 2.89. The van der Waals surface area contributed by atoms with Gasteiger partial charge in [0, 0.05) is 18.8 Å². The molecule has 7 heteroatoms. The van der Waals surface area contributed by atoms with Gasteiger partial charge in [-0.1, -0.05) is 0 Å². The van der Waals surface area contributed by atoms with Crippen molar-refractivity contribution in [2.24, 2.45) is 0 Å². The van der Waals surface area contributed by atoms with E-state index in [0.29, 0.717) is 0 Å². The SMILES string of the molecule is CC(=O)Nc1ccc(=O)c2[nH]cc(C(=O)O)c(=O)c2c1. The number of anilines is 1. The maximum Gasteiger partial charge on any atom is 0.341 e. The molecule has 1 aromatic heterocycles. The first-order valence-electron chi connectivity index (χ1n) is 5.61. The van der Waals surface area contributed by atoms with E-state index in [1.807, 2.05) is 0 Å². The second-order valence-electron chi connectivity index (χ2n) is 4.10. The monoisotopic (exact) mass is 274 g/mol. The highest BCUT2D eigenvalue weighted by Gasteiger charge is 2.12. The lowest BCUT2D eigenvalue weighted by molar-refractivity contribution is -0.114. The minimum Gasteiger partial charge on any atom is -0.477 e. The van der Waals surface area contributed by atoms with E-state index in [2.05, 4.69) is 10.3 Å². The van der Waals surface area contributed by atoms with Crippen molar-refractivity contribution in [3.63, 3.8) is 0 Å². The van der Waals surface area contributed by atoms with Crippen LogP contribution >= 0.6 is 0 Å². The Morgan fingerprint density at radius 2 is 1.95 bits per heavy atom. The van der Waals surface area contributed by atoms with Gasteiger partial charge in [-0.25, -0.2) is 4.79 Å². The number of carbonyl (C=O) groups is 2. The Bertz CT molecular complexity index is 838. The second-order valence-corrected chi connectivity index (χ2v) is 4.10. The van der Waals surface area contributed by atoms with Crippen molar-refractivity contribution in [1.82, 2.24) is 4.98 Å². The van der Waals surface area contributed by atoms with Gasteiger partial charge in [-0.05, 0) is 18.2 Å². The molecule has 0 fully saturated rings. The summed E-state index contributed by atoms with van der Waals surface area (Å²) in [6.07, 6.45) is 0.979. The number of aromatic nitrogens is 1. The van der Waals surface area contributed by atoms with Crippen LogP contribution in [-0.4, -0.2) is 22.0 Å². The van der Waals surface area contributed by atoms with Crippen molar-refractivity contribution in [3.05, 3.63) is 50.4 Å². The summed E-state index contributed by atoms with van der Waals surface area (Å²) in [5, 5.41) is 11.3. The average Bonchev–Trinajstić information content (AvgIpc) is 2.50. The number of nitrogens with one attached hydrogen (secondary N) is 2. The second kappa shape index (κ2) is 4.96. The number of fused-ring (bicyclic) bond motifs is 1. The number of H-pyrrole nitrogens is 1. The predicted molar refractivity (Wildman–Crippen MR) is 72.1 cm³/mol. The molecule has 0 aliphatic carbocycles. The van der Waals surface area contributed by atoms with Crippen molar-refractivity contribution < 1.29 is 14.7 Å². The first-order valence-corrected chi connectivity index (χ1v) is 5.61.